The Bertz CT molecular complexity index is 190. The van der Waals surface area contributed by atoms with Gasteiger partial charge in [0.1, 0.15) is 0 Å². The zero-order valence-electron chi connectivity index (χ0n) is 6.77. The summed E-state index contributed by atoms with van der Waals surface area (Å²) in [6.45, 7) is 4.97. The topological polar surface area (TPSA) is 15.3 Å². The molecule has 0 atom stereocenters. The number of piperidine rings is 1. The second-order valence-corrected chi connectivity index (χ2v) is 3.84. The third-order valence-electron chi connectivity index (χ3n) is 3.35. The van der Waals surface area contributed by atoms with Crippen LogP contribution in [-0.4, -0.2) is 31.1 Å². The summed E-state index contributed by atoms with van der Waals surface area (Å²) in [6.07, 6.45) is 2.83. The first-order chi connectivity index (χ1) is 5.45. The molecular formula is C9H14N2. The van der Waals surface area contributed by atoms with Crippen molar-refractivity contribution in [3.8, 4) is 0 Å². The van der Waals surface area contributed by atoms with E-state index < -0.39 is 0 Å². The Morgan fingerprint density at radius 3 is 2.73 bits per heavy atom. The molecule has 4 aliphatic rings. The normalized spacial score (nSPS) is 30.0. The molecule has 0 aromatic carbocycles. The van der Waals surface area contributed by atoms with Gasteiger partial charge >= 0.3 is 0 Å². The first-order valence-electron chi connectivity index (χ1n) is 4.63. The van der Waals surface area contributed by atoms with E-state index in [4.69, 9.17) is 0 Å². The quantitative estimate of drug-likeness (QED) is 0.543. The van der Waals surface area contributed by atoms with Crippen molar-refractivity contribution in [3.05, 3.63) is 11.3 Å². The molecular weight excluding hydrogens is 136 g/mol. The van der Waals surface area contributed by atoms with Crippen molar-refractivity contribution in [2.75, 3.05) is 26.2 Å². The fraction of sp³-hybridized carbons (Fsp3) is 0.778. The van der Waals surface area contributed by atoms with Gasteiger partial charge in [0.2, 0.25) is 0 Å². The fourth-order valence-electron chi connectivity index (χ4n) is 2.72. The van der Waals surface area contributed by atoms with Gasteiger partial charge in [0, 0.05) is 31.9 Å². The maximum absolute atomic E-state index is 3.45. The largest absolute Gasteiger partial charge is 0.374 e. The second kappa shape index (κ2) is 2.01. The SMILES string of the molecule is C1NCC2=C1C1CCN2CC1. The molecule has 0 aromatic rings. The molecule has 0 saturated carbocycles. The lowest BCUT2D eigenvalue weighted by molar-refractivity contribution is 0.211. The zero-order valence-corrected chi connectivity index (χ0v) is 6.77. The number of hydrogen-bond acceptors (Lipinski definition) is 2. The molecule has 0 aromatic heterocycles. The van der Waals surface area contributed by atoms with Gasteiger partial charge in [-0.3, -0.25) is 0 Å². The van der Waals surface area contributed by atoms with Gasteiger partial charge < -0.3 is 10.2 Å². The highest BCUT2D eigenvalue weighted by atomic mass is 15.2. The summed E-state index contributed by atoms with van der Waals surface area (Å²) in [7, 11) is 0. The van der Waals surface area contributed by atoms with Gasteiger partial charge in [-0.05, 0) is 24.3 Å². The number of nitrogens with zero attached hydrogens (tertiary/aromatic N) is 1. The molecule has 4 aliphatic heterocycles. The molecule has 60 valence electrons. The Morgan fingerprint density at radius 2 is 2.00 bits per heavy atom. The summed E-state index contributed by atoms with van der Waals surface area (Å²) in [6, 6.07) is 0. The monoisotopic (exact) mass is 150 g/mol. The molecule has 2 nitrogen and oxygen atoms in total. The summed E-state index contributed by atoms with van der Waals surface area (Å²) < 4.78 is 0. The minimum atomic E-state index is 0.949. The molecule has 1 N–H and O–H groups in total. The van der Waals surface area contributed by atoms with Crippen LogP contribution >= 0.6 is 0 Å². The van der Waals surface area contributed by atoms with E-state index in [0.717, 1.165) is 12.5 Å². The van der Waals surface area contributed by atoms with Crippen LogP contribution in [0.1, 0.15) is 12.8 Å². The number of hydrogen-bond donors (Lipinski definition) is 1. The van der Waals surface area contributed by atoms with Gasteiger partial charge in [-0.25, -0.2) is 0 Å². The zero-order chi connectivity index (χ0) is 7.26. The Hall–Kier alpha value is -0.500. The van der Waals surface area contributed by atoms with Gasteiger partial charge in [0.25, 0.3) is 0 Å². The van der Waals surface area contributed by atoms with E-state index in [9.17, 15) is 0 Å². The first kappa shape index (κ1) is 6.06. The predicted octanol–water partition coefficient (Wildman–Crippen LogP) is 0.569. The predicted molar refractivity (Wildman–Crippen MR) is 44.2 cm³/mol. The summed E-state index contributed by atoms with van der Waals surface area (Å²) in [5.74, 6) is 0.949. The lowest BCUT2D eigenvalue weighted by Gasteiger charge is -2.41. The summed E-state index contributed by atoms with van der Waals surface area (Å²) >= 11 is 0. The van der Waals surface area contributed by atoms with Crippen LogP contribution in [0, 0.1) is 5.92 Å². The van der Waals surface area contributed by atoms with Crippen LogP contribution < -0.4 is 5.32 Å². The molecule has 0 unspecified atom stereocenters. The van der Waals surface area contributed by atoms with Crippen molar-refractivity contribution in [2.24, 2.45) is 5.92 Å². The van der Waals surface area contributed by atoms with Crippen molar-refractivity contribution in [3.63, 3.8) is 0 Å². The molecule has 4 rings (SSSR count). The van der Waals surface area contributed by atoms with Gasteiger partial charge in [0.05, 0.1) is 0 Å². The first-order valence-corrected chi connectivity index (χ1v) is 4.63. The van der Waals surface area contributed by atoms with Gasteiger partial charge in [-0.2, -0.15) is 0 Å². The molecule has 2 heteroatoms. The summed E-state index contributed by atoms with van der Waals surface area (Å²) in [5, 5.41) is 3.45. The minimum Gasteiger partial charge on any atom is -0.374 e. The third-order valence-corrected chi connectivity index (χ3v) is 3.35. The highest BCUT2D eigenvalue weighted by Crippen LogP contribution is 2.36. The number of rotatable bonds is 0. The van der Waals surface area contributed by atoms with Crippen LogP contribution in [0.2, 0.25) is 0 Å². The molecule has 0 aliphatic carbocycles. The van der Waals surface area contributed by atoms with Gasteiger partial charge in [0.15, 0.2) is 0 Å². The molecule has 0 amide bonds. The molecule has 1 fully saturated rings. The smallest absolute Gasteiger partial charge is 0.0358 e. The van der Waals surface area contributed by atoms with Gasteiger partial charge in [-0.15, -0.1) is 0 Å². The molecule has 0 radical (unpaired) electrons. The maximum Gasteiger partial charge on any atom is 0.0358 e. The van der Waals surface area contributed by atoms with Crippen LogP contribution in [0.15, 0.2) is 11.3 Å². The minimum absolute atomic E-state index is 0.949. The summed E-state index contributed by atoms with van der Waals surface area (Å²) in [4.78, 5) is 2.58. The van der Waals surface area contributed by atoms with Crippen molar-refractivity contribution in [1.29, 1.82) is 0 Å². The van der Waals surface area contributed by atoms with Crippen molar-refractivity contribution in [2.45, 2.75) is 12.8 Å². The fourth-order valence-corrected chi connectivity index (χ4v) is 2.72. The second-order valence-electron chi connectivity index (χ2n) is 3.84. The number of nitrogens with one attached hydrogen (secondary N) is 1. The van der Waals surface area contributed by atoms with E-state index >= 15 is 0 Å². The molecule has 11 heavy (non-hydrogen) atoms. The van der Waals surface area contributed by atoms with Gasteiger partial charge in [-0.1, -0.05) is 0 Å². The molecule has 2 bridgehead atoms. The standard InChI is InChI=1S/C9H14N2/c1-3-11-4-2-7(1)8-5-10-6-9(8)11/h7,10H,1-6H2. The van der Waals surface area contributed by atoms with E-state index in [1.165, 1.54) is 32.5 Å². The Kier molecular flexibility index (Phi) is 1.11. The van der Waals surface area contributed by atoms with Crippen molar-refractivity contribution < 1.29 is 0 Å². The maximum atomic E-state index is 3.45. The molecule has 0 spiro atoms. The van der Waals surface area contributed by atoms with E-state index in [1.54, 1.807) is 11.3 Å². The van der Waals surface area contributed by atoms with E-state index in [2.05, 4.69) is 10.2 Å². The highest BCUT2D eigenvalue weighted by Gasteiger charge is 2.34. The Labute approximate surface area is 67.3 Å². The lowest BCUT2D eigenvalue weighted by Crippen LogP contribution is -2.40. The third kappa shape index (κ3) is 0.707. The average Bonchev–Trinajstić information content (AvgIpc) is 2.55. The van der Waals surface area contributed by atoms with Crippen LogP contribution in [0.4, 0.5) is 0 Å². The Balaban J connectivity index is 2.05. The molecule has 4 heterocycles. The van der Waals surface area contributed by atoms with Crippen LogP contribution in [-0.2, 0) is 0 Å². The van der Waals surface area contributed by atoms with Crippen LogP contribution in [0.3, 0.4) is 0 Å². The Morgan fingerprint density at radius 1 is 1.18 bits per heavy atom. The van der Waals surface area contributed by atoms with Crippen molar-refractivity contribution in [1.82, 2.24) is 10.2 Å². The number of fused-ring (bicyclic) bond motifs is 2. The highest BCUT2D eigenvalue weighted by molar-refractivity contribution is 5.28. The lowest BCUT2D eigenvalue weighted by atomic mass is 9.84. The van der Waals surface area contributed by atoms with Crippen LogP contribution in [0.5, 0.6) is 0 Å². The van der Waals surface area contributed by atoms with E-state index in [0.29, 0.717) is 0 Å². The van der Waals surface area contributed by atoms with Crippen LogP contribution in [0.25, 0.3) is 0 Å². The van der Waals surface area contributed by atoms with Crippen molar-refractivity contribution >= 4 is 0 Å². The molecule has 1 saturated heterocycles. The van der Waals surface area contributed by atoms with E-state index in [-0.39, 0.29) is 0 Å². The summed E-state index contributed by atoms with van der Waals surface area (Å²) in [5.41, 5.74) is 3.38. The van der Waals surface area contributed by atoms with E-state index in [1.807, 2.05) is 0 Å². The average molecular weight is 150 g/mol.